The van der Waals surface area contributed by atoms with E-state index in [4.69, 9.17) is 4.98 Å². The van der Waals surface area contributed by atoms with Gasteiger partial charge in [-0.05, 0) is 33.2 Å². The molecule has 1 aromatic rings. The lowest BCUT2D eigenvalue weighted by Gasteiger charge is -2.28. The molecule has 1 atom stereocenters. The van der Waals surface area contributed by atoms with Crippen LogP contribution in [0.2, 0.25) is 0 Å². The maximum absolute atomic E-state index is 4.95. The number of thiazole rings is 1. The minimum Gasteiger partial charge on any atom is -0.345 e. The van der Waals surface area contributed by atoms with E-state index in [2.05, 4.69) is 37.9 Å². The van der Waals surface area contributed by atoms with Crippen LogP contribution in [-0.2, 0) is 13.0 Å². The van der Waals surface area contributed by atoms with E-state index >= 15 is 0 Å². The molecule has 0 aromatic carbocycles. The summed E-state index contributed by atoms with van der Waals surface area (Å²) in [6.45, 7) is 11.1. The van der Waals surface area contributed by atoms with Crippen molar-refractivity contribution in [3.63, 3.8) is 0 Å². The first-order valence-electron chi connectivity index (χ1n) is 8.07. The molecule has 20 heavy (non-hydrogen) atoms. The maximum Gasteiger partial charge on any atom is 0.186 e. The normalized spacial score (nSPS) is 12.7. The Hall–Kier alpha value is -0.610. The summed E-state index contributed by atoms with van der Waals surface area (Å²) >= 11 is 1.88. The quantitative estimate of drug-likeness (QED) is 0.701. The SMILES string of the molecule is CCCCN(c1nc(CCC)c(CNC)s1)C(C)CC. The fourth-order valence-corrected chi connectivity index (χ4v) is 3.52. The summed E-state index contributed by atoms with van der Waals surface area (Å²) in [4.78, 5) is 8.86. The molecule has 0 aliphatic heterocycles. The predicted molar refractivity (Wildman–Crippen MR) is 90.9 cm³/mol. The van der Waals surface area contributed by atoms with Gasteiger partial charge in [0.15, 0.2) is 5.13 Å². The van der Waals surface area contributed by atoms with E-state index in [-0.39, 0.29) is 0 Å². The third-order valence-corrected chi connectivity index (χ3v) is 4.85. The smallest absolute Gasteiger partial charge is 0.186 e. The molecule has 0 radical (unpaired) electrons. The Labute approximate surface area is 128 Å². The minimum absolute atomic E-state index is 0.574. The van der Waals surface area contributed by atoms with Crippen molar-refractivity contribution in [2.45, 2.75) is 72.4 Å². The lowest BCUT2D eigenvalue weighted by atomic mass is 10.2. The number of nitrogens with one attached hydrogen (secondary N) is 1. The molecule has 116 valence electrons. The largest absolute Gasteiger partial charge is 0.345 e. The van der Waals surface area contributed by atoms with Gasteiger partial charge in [-0.3, -0.25) is 0 Å². The van der Waals surface area contributed by atoms with E-state index in [0.717, 1.165) is 25.9 Å². The van der Waals surface area contributed by atoms with Gasteiger partial charge in [0.25, 0.3) is 0 Å². The van der Waals surface area contributed by atoms with Crippen LogP contribution in [-0.4, -0.2) is 24.6 Å². The molecule has 0 saturated heterocycles. The number of unbranched alkanes of at least 4 members (excludes halogenated alkanes) is 1. The van der Waals surface area contributed by atoms with Crippen molar-refractivity contribution >= 4 is 16.5 Å². The second-order valence-corrected chi connectivity index (χ2v) is 6.51. The van der Waals surface area contributed by atoms with E-state index in [0.29, 0.717) is 6.04 Å². The average molecular weight is 298 g/mol. The van der Waals surface area contributed by atoms with Crippen LogP contribution in [0.4, 0.5) is 5.13 Å². The zero-order chi connectivity index (χ0) is 15.0. The number of aryl methyl sites for hydroxylation is 1. The molecule has 1 rings (SSSR count). The van der Waals surface area contributed by atoms with Crippen LogP contribution in [0.3, 0.4) is 0 Å². The highest BCUT2D eigenvalue weighted by atomic mass is 32.1. The number of aromatic nitrogens is 1. The molecular formula is C16H31N3S. The molecule has 0 saturated carbocycles. The Morgan fingerprint density at radius 3 is 2.55 bits per heavy atom. The van der Waals surface area contributed by atoms with Crippen LogP contribution in [0.25, 0.3) is 0 Å². The van der Waals surface area contributed by atoms with E-state index in [1.807, 2.05) is 18.4 Å². The summed E-state index contributed by atoms with van der Waals surface area (Å²) in [6, 6.07) is 0.574. The lowest BCUT2D eigenvalue weighted by molar-refractivity contribution is 0.593. The number of hydrogen-bond donors (Lipinski definition) is 1. The molecule has 0 aliphatic carbocycles. The van der Waals surface area contributed by atoms with Crippen LogP contribution in [0, 0.1) is 0 Å². The van der Waals surface area contributed by atoms with Crippen molar-refractivity contribution in [1.29, 1.82) is 0 Å². The second kappa shape index (κ2) is 9.35. The average Bonchev–Trinajstić information content (AvgIpc) is 2.83. The van der Waals surface area contributed by atoms with Gasteiger partial charge in [-0.2, -0.15) is 0 Å². The molecule has 0 bridgehead atoms. The number of anilines is 1. The Kier molecular flexibility index (Phi) is 8.15. The van der Waals surface area contributed by atoms with Crippen LogP contribution < -0.4 is 10.2 Å². The molecule has 0 spiro atoms. The van der Waals surface area contributed by atoms with E-state index in [9.17, 15) is 0 Å². The first-order chi connectivity index (χ1) is 9.67. The summed E-state index contributed by atoms with van der Waals surface area (Å²) in [5.41, 5.74) is 1.30. The first kappa shape index (κ1) is 17.4. The van der Waals surface area contributed by atoms with E-state index in [1.165, 1.54) is 35.0 Å². The highest BCUT2D eigenvalue weighted by Crippen LogP contribution is 2.29. The Bertz CT molecular complexity index is 352. The van der Waals surface area contributed by atoms with Crippen LogP contribution in [0.15, 0.2) is 0 Å². The van der Waals surface area contributed by atoms with Gasteiger partial charge in [0, 0.05) is 24.0 Å². The van der Waals surface area contributed by atoms with Crippen molar-refractivity contribution in [3.8, 4) is 0 Å². The van der Waals surface area contributed by atoms with Crippen molar-refractivity contribution in [3.05, 3.63) is 10.6 Å². The van der Waals surface area contributed by atoms with E-state index in [1.54, 1.807) is 0 Å². The van der Waals surface area contributed by atoms with Gasteiger partial charge in [0.2, 0.25) is 0 Å². The minimum atomic E-state index is 0.574. The predicted octanol–water partition coefficient (Wildman–Crippen LogP) is 4.22. The van der Waals surface area contributed by atoms with Gasteiger partial charge in [-0.15, -0.1) is 11.3 Å². The molecule has 1 heterocycles. The third kappa shape index (κ3) is 4.74. The summed E-state index contributed by atoms with van der Waals surface area (Å²) in [5.74, 6) is 0. The fourth-order valence-electron chi connectivity index (χ4n) is 2.28. The van der Waals surface area contributed by atoms with Crippen molar-refractivity contribution < 1.29 is 0 Å². The Balaban J connectivity index is 2.96. The van der Waals surface area contributed by atoms with Crippen LogP contribution in [0.5, 0.6) is 0 Å². The molecular weight excluding hydrogens is 266 g/mol. The van der Waals surface area contributed by atoms with Gasteiger partial charge in [-0.1, -0.05) is 33.6 Å². The van der Waals surface area contributed by atoms with Gasteiger partial charge in [-0.25, -0.2) is 4.98 Å². The summed E-state index contributed by atoms with van der Waals surface area (Å²) in [6.07, 6.45) is 5.92. The molecule has 0 fully saturated rings. The third-order valence-electron chi connectivity index (χ3n) is 3.71. The number of hydrogen-bond acceptors (Lipinski definition) is 4. The topological polar surface area (TPSA) is 28.2 Å². The molecule has 1 unspecified atom stereocenters. The molecule has 1 aromatic heterocycles. The Morgan fingerprint density at radius 1 is 1.25 bits per heavy atom. The zero-order valence-electron chi connectivity index (χ0n) is 13.8. The lowest BCUT2D eigenvalue weighted by Crippen LogP contribution is -2.33. The highest BCUT2D eigenvalue weighted by molar-refractivity contribution is 7.15. The van der Waals surface area contributed by atoms with Crippen molar-refractivity contribution in [1.82, 2.24) is 10.3 Å². The van der Waals surface area contributed by atoms with Gasteiger partial charge >= 0.3 is 0 Å². The van der Waals surface area contributed by atoms with E-state index < -0.39 is 0 Å². The van der Waals surface area contributed by atoms with Crippen LogP contribution in [0.1, 0.15) is 63.9 Å². The number of nitrogens with zero attached hydrogens (tertiary/aromatic N) is 2. The monoisotopic (exact) mass is 297 g/mol. The first-order valence-corrected chi connectivity index (χ1v) is 8.89. The molecule has 1 N–H and O–H groups in total. The second-order valence-electron chi connectivity index (χ2n) is 5.45. The molecule has 3 nitrogen and oxygen atoms in total. The van der Waals surface area contributed by atoms with Gasteiger partial charge < -0.3 is 10.2 Å². The van der Waals surface area contributed by atoms with Gasteiger partial charge in [0.1, 0.15) is 0 Å². The zero-order valence-corrected chi connectivity index (χ0v) is 14.6. The summed E-state index contributed by atoms with van der Waals surface area (Å²) in [7, 11) is 2.01. The Morgan fingerprint density at radius 2 is 2.00 bits per heavy atom. The highest BCUT2D eigenvalue weighted by Gasteiger charge is 2.18. The molecule has 4 heteroatoms. The summed E-state index contributed by atoms with van der Waals surface area (Å²) < 4.78 is 0. The van der Waals surface area contributed by atoms with Crippen LogP contribution >= 0.6 is 11.3 Å². The maximum atomic E-state index is 4.95. The van der Waals surface area contributed by atoms with Crippen molar-refractivity contribution in [2.75, 3.05) is 18.5 Å². The number of rotatable bonds is 10. The molecule has 0 amide bonds. The van der Waals surface area contributed by atoms with Crippen molar-refractivity contribution in [2.24, 2.45) is 0 Å². The molecule has 0 aliphatic rings. The summed E-state index contributed by atoms with van der Waals surface area (Å²) in [5, 5.41) is 4.50. The fraction of sp³-hybridized carbons (Fsp3) is 0.812. The standard InChI is InChI=1S/C16H31N3S/c1-6-9-11-19(13(4)8-3)16-18-14(10-7-2)15(20-16)12-17-5/h13,17H,6-12H2,1-5H3. The van der Waals surface area contributed by atoms with Gasteiger partial charge in [0.05, 0.1) is 5.69 Å².